The zero-order chi connectivity index (χ0) is 19.7. The maximum absolute atomic E-state index is 12.6. The summed E-state index contributed by atoms with van der Waals surface area (Å²) in [6.07, 6.45) is 0. The molecule has 2 heterocycles. The van der Waals surface area contributed by atoms with Crippen molar-refractivity contribution in [3.05, 3.63) is 54.1 Å². The van der Waals surface area contributed by atoms with Crippen molar-refractivity contribution in [1.82, 2.24) is 4.98 Å². The van der Waals surface area contributed by atoms with E-state index in [1.165, 1.54) is 4.90 Å². The number of anilines is 2. The summed E-state index contributed by atoms with van der Waals surface area (Å²) in [5.74, 6) is 0.585. The van der Waals surface area contributed by atoms with Crippen molar-refractivity contribution in [2.45, 2.75) is 6.92 Å². The number of hydrogen-bond donors (Lipinski definition) is 1. The first-order valence-corrected chi connectivity index (χ1v) is 8.64. The molecule has 2 amide bonds. The third-order valence-corrected chi connectivity index (χ3v) is 4.23. The van der Waals surface area contributed by atoms with E-state index in [-0.39, 0.29) is 24.8 Å². The Bertz CT molecular complexity index is 1070. The number of amides is 2. The summed E-state index contributed by atoms with van der Waals surface area (Å²) in [5.41, 5.74) is 6.75. The van der Waals surface area contributed by atoms with Crippen molar-refractivity contribution in [1.29, 1.82) is 0 Å². The molecule has 28 heavy (non-hydrogen) atoms. The molecule has 8 heteroatoms. The lowest BCUT2D eigenvalue weighted by atomic mass is 10.1. The second-order valence-electron chi connectivity index (χ2n) is 5.99. The number of rotatable bonds is 4. The molecule has 0 atom stereocenters. The lowest BCUT2D eigenvalue weighted by molar-refractivity contribution is 0.0527. The highest BCUT2D eigenvalue weighted by Gasteiger charge is 2.26. The minimum absolute atomic E-state index is 0.0866. The van der Waals surface area contributed by atoms with Crippen LogP contribution in [0.5, 0.6) is 11.5 Å². The van der Waals surface area contributed by atoms with Crippen LogP contribution in [0, 0.1) is 0 Å². The summed E-state index contributed by atoms with van der Waals surface area (Å²) in [4.78, 5) is 30.6. The van der Waals surface area contributed by atoms with Crippen LogP contribution in [0.2, 0.25) is 0 Å². The number of aromatic nitrogens is 1. The van der Waals surface area contributed by atoms with Gasteiger partial charge in [0.25, 0.3) is 0 Å². The summed E-state index contributed by atoms with van der Waals surface area (Å²) >= 11 is 0. The van der Waals surface area contributed by atoms with Crippen molar-refractivity contribution in [3.63, 3.8) is 0 Å². The highest BCUT2D eigenvalue weighted by atomic mass is 16.7. The molecule has 1 aliphatic rings. The lowest BCUT2D eigenvalue weighted by Crippen LogP contribution is -2.33. The molecule has 2 N–H and O–H groups in total. The first kappa shape index (κ1) is 17.6. The number of esters is 1. The van der Waals surface area contributed by atoms with Crippen LogP contribution in [0.1, 0.15) is 17.3 Å². The van der Waals surface area contributed by atoms with Gasteiger partial charge in [-0.05, 0) is 31.2 Å². The zero-order valence-electron chi connectivity index (χ0n) is 15.0. The molecule has 0 aliphatic carbocycles. The molecule has 3 aromatic rings. The maximum atomic E-state index is 12.6. The van der Waals surface area contributed by atoms with E-state index >= 15 is 0 Å². The summed E-state index contributed by atoms with van der Waals surface area (Å²) < 4.78 is 15.9. The Kier molecular flexibility index (Phi) is 4.44. The lowest BCUT2D eigenvalue weighted by Gasteiger charge is -2.22. The number of benzene rings is 2. The van der Waals surface area contributed by atoms with Crippen LogP contribution < -0.4 is 20.1 Å². The quantitative estimate of drug-likeness (QED) is 0.697. The first-order valence-electron chi connectivity index (χ1n) is 8.64. The second kappa shape index (κ2) is 7.07. The minimum atomic E-state index is -0.774. The van der Waals surface area contributed by atoms with Crippen LogP contribution in [-0.4, -0.2) is 30.4 Å². The largest absolute Gasteiger partial charge is 0.462 e. The van der Waals surface area contributed by atoms with Crippen molar-refractivity contribution in [2.24, 2.45) is 5.73 Å². The standard InChI is InChI=1S/C20H17N3O5/c1-2-26-19(24)14-8-12-9-16-17(28-11-27-16)10-15(12)22-18(14)23(20(21)25)13-6-4-3-5-7-13/h3-10H,2,11H2,1H3,(H2,21,25). The molecule has 0 fully saturated rings. The second-order valence-corrected chi connectivity index (χ2v) is 5.99. The number of urea groups is 1. The molecule has 0 saturated heterocycles. The van der Waals surface area contributed by atoms with Crippen molar-refractivity contribution >= 4 is 34.4 Å². The highest BCUT2D eigenvalue weighted by molar-refractivity contribution is 6.07. The predicted molar refractivity (Wildman–Crippen MR) is 102 cm³/mol. The topological polar surface area (TPSA) is 104 Å². The number of para-hydroxylation sites is 1. The Morgan fingerprint density at radius 2 is 1.86 bits per heavy atom. The number of hydrogen-bond acceptors (Lipinski definition) is 6. The van der Waals surface area contributed by atoms with E-state index in [1.54, 1.807) is 49.4 Å². The monoisotopic (exact) mass is 379 g/mol. The van der Waals surface area contributed by atoms with E-state index in [4.69, 9.17) is 19.9 Å². The number of nitrogens with zero attached hydrogens (tertiary/aromatic N) is 2. The molecule has 1 aromatic heterocycles. The smallest absolute Gasteiger partial charge is 0.341 e. The van der Waals surface area contributed by atoms with Gasteiger partial charge in [-0.3, -0.25) is 0 Å². The summed E-state index contributed by atoms with van der Waals surface area (Å²) in [6.45, 7) is 1.99. The van der Waals surface area contributed by atoms with Gasteiger partial charge in [0, 0.05) is 11.5 Å². The van der Waals surface area contributed by atoms with Gasteiger partial charge in [-0.1, -0.05) is 18.2 Å². The molecule has 2 aromatic carbocycles. The van der Waals surface area contributed by atoms with Gasteiger partial charge in [-0.15, -0.1) is 0 Å². The van der Waals surface area contributed by atoms with E-state index in [2.05, 4.69) is 4.98 Å². The van der Waals surface area contributed by atoms with Gasteiger partial charge in [0.05, 0.1) is 17.8 Å². The Hall–Kier alpha value is -3.81. The van der Waals surface area contributed by atoms with Crippen LogP contribution in [0.4, 0.5) is 16.3 Å². The number of carbonyl (C=O) groups excluding carboxylic acids is 2. The fourth-order valence-electron chi connectivity index (χ4n) is 3.01. The van der Waals surface area contributed by atoms with E-state index in [1.807, 2.05) is 6.07 Å². The van der Waals surface area contributed by atoms with Crippen LogP contribution in [0.25, 0.3) is 10.9 Å². The van der Waals surface area contributed by atoms with E-state index in [0.717, 1.165) is 0 Å². The van der Waals surface area contributed by atoms with Crippen LogP contribution in [0.15, 0.2) is 48.5 Å². The molecule has 0 radical (unpaired) electrons. The number of pyridine rings is 1. The molecule has 0 spiro atoms. The summed E-state index contributed by atoms with van der Waals surface area (Å²) in [6, 6.07) is 13.0. The van der Waals surface area contributed by atoms with Gasteiger partial charge in [0.2, 0.25) is 6.79 Å². The van der Waals surface area contributed by atoms with Crippen molar-refractivity contribution in [2.75, 3.05) is 18.3 Å². The molecule has 4 rings (SSSR count). The van der Waals surface area contributed by atoms with E-state index in [9.17, 15) is 9.59 Å². The third-order valence-electron chi connectivity index (χ3n) is 4.23. The number of primary amides is 1. The molecule has 0 bridgehead atoms. The van der Waals surface area contributed by atoms with E-state index in [0.29, 0.717) is 28.1 Å². The van der Waals surface area contributed by atoms with Gasteiger partial charge < -0.3 is 19.9 Å². The fourth-order valence-corrected chi connectivity index (χ4v) is 3.01. The number of ether oxygens (including phenoxy) is 3. The van der Waals surface area contributed by atoms with Crippen molar-refractivity contribution in [3.8, 4) is 11.5 Å². The Labute approximate surface area is 160 Å². The van der Waals surface area contributed by atoms with E-state index < -0.39 is 12.0 Å². The molecular weight excluding hydrogens is 362 g/mol. The average molecular weight is 379 g/mol. The van der Waals surface area contributed by atoms with Gasteiger partial charge in [0.15, 0.2) is 17.3 Å². The minimum Gasteiger partial charge on any atom is -0.462 e. The first-order chi connectivity index (χ1) is 13.6. The van der Waals surface area contributed by atoms with Crippen LogP contribution >= 0.6 is 0 Å². The highest BCUT2D eigenvalue weighted by Crippen LogP contribution is 2.38. The van der Waals surface area contributed by atoms with Crippen molar-refractivity contribution < 1.29 is 23.8 Å². The zero-order valence-corrected chi connectivity index (χ0v) is 15.0. The average Bonchev–Trinajstić information content (AvgIpc) is 3.14. The predicted octanol–water partition coefficient (Wildman–Crippen LogP) is 3.36. The van der Waals surface area contributed by atoms with Gasteiger partial charge in [0.1, 0.15) is 5.56 Å². The molecule has 1 aliphatic heterocycles. The maximum Gasteiger partial charge on any atom is 0.341 e. The Balaban J connectivity index is 1.96. The van der Waals surface area contributed by atoms with Gasteiger partial charge in [-0.25, -0.2) is 19.5 Å². The third kappa shape index (κ3) is 3.05. The normalized spacial score (nSPS) is 12.0. The SMILES string of the molecule is CCOC(=O)c1cc2cc3c(cc2nc1N(C(N)=O)c1ccccc1)OCO3. The van der Waals surface area contributed by atoms with Gasteiger partial charge in [-0.2, -0.15) is 0 Å². The molecule has 142 valence electrons. The van der Waals surface area contributed by atoms with Crippen LogP contribution in [-0.2, 0) is 4.74 Å². The molecule has 0 unspecified atom stereocenters. The molecule has 0 saturated carbocycles. The number of nitrogens with two attached hydrogens (primary N) is 1. The molecule has 8 nitrogen and oxygen atoms in total. The fraction of sp³-hybridized carbons (Fsp3) is 0.150. The summed E-state index contributed by atoms with van der Waals surface area (Å²) in [7, 11) is 0. The van der Waals surface area contributed by atoms with Gasteiger partial charge >= 0.3 is 12.0 Å². The number of fused-ring (bicyclic) bond motifs is 2. The Morgan fingerprint density at radius 1 is 1.14 bits per heavy atom. The van der Waals surface area contributed by atoms with Crippen LogP contribution in [0.3, 0.4) is 0 Å². The number of carbonyl (C=O) groups is 2. The Morgan fingerprint density at radius 3 is 2.54 bits per heavy atom. The summed E-state index contributed by atoms with van der Waals surface area (Å²) in [5, 5.41) is 0.647. The molecular formula is C20H17N3O5.